The normalized spacial score (nSPS) is 48.6. The zero-order valence-electron chi connectivity index (χ0n) is 18.3. The van der Waals surface area contributed by atoms with E-state index in [1.807, 2.05) is 0 Å². The monoisotopic (exact) mass is 374 g/mol. The van der Waals surface area contributed by atoms with E-state index >= 15 is 0 Å². The lowest BCUT2D eigenvalue weighted by atomic mass is 9.48. The van der Waals surface area contributed by atoms with Crippen LogP contribution in [0.25, 0.3) is 0 Å². The van der Waals surface area contributed by atoms with Crippen LogP contribution in [0, 0.1) is 50.7 Å². The van der Waals surface area contributed by atoms with E-state index in [1.54, 1.807) is 6.92 Å². The minimum Gasteiger partial charge on any atom is -0.480 e. The van der Waals surface area contributed by atoms with E-state index in [4.69, 9.17) is 0 Å². The molecule has 0 saturated heterocycles. The molecule has 1 N–H and O–H groups in total. The number of hydrogen-bond acceptors (Lipinski definition) is 2. The Kier molecular flexibility index (Phi) is 3.74. The van der Waals surface area contributed by atoms with Crippen molar-refractivity contribution in [3.63, 3.8) is 0 Å². The van der Waals surface area contributed by atoms with E-state index in [-0.39, 0.29) is 39.3 Å². The Balaban J connectivity index is 1.90. The van der Waals surface area contributed by atoms with E-state index in [9.17, 15) is 14.7 Å². The van der Waals surface area contributed by atoms with Crippen molar-refractivity contribution >= 4 is 11.8 Å². The third kappa shape index (κ3) is 1.86. The van der Waals surface area contributed by atoms with Crippen molar-refractivity contribution in [1.29, 1.82) is 0 Å². The summed E-state index contributed by atoms with van der Waals surface area (Å²) in [7, 11) is 0. The summed E-state index contributed by atoms with van der Waals surface area (Å²) >= 11 is 0. The van der Waals surface area contributed by atoms with E-state index in [0.29, 0.717) is 11.8 Å². The number of carbonyl (C=O) groups is 2. The quantitative estimate of drug-likeness (QED) is 0.654. The lowest BCUT2D eigenvalue weighted by Crippen LogP contribution is -2.58. The molecule has 4 aliphatic carbocycles. The molecule has 0 radical (unpaired) electrons. The van der Waals surface area contributed by atoms with Crippen molar-refractivity contribution in [2.45, 2.75) is 87.0 Å². The van der Waals surface area contributed by atoms with E-state index in [0.717, 1.165) is 25.7 Å². The average Bonchev–Trinajstić information content (AvgIpc) is 3.06. The molecular weight excluding hydrogens is 336 g/mol. The van der Waals surface area contributed by atoms with Crippen LogP contribution in [-0.4, -0.2) is 16.9 Å². The fraction of sp³-hybridized carbons (Fsp3) is 0.917. The molecule has 6 unspecified atom stereocenters. The lowest BCUT2D eigenvalue weighted by Gasteiger charge is -2.53. The van der Waals surface area contributed by atoms with Gasteiger partial charge in [0.1, 0.15) is 11.2 Å². The number of aliphatic carboxylic acids is 1. The van der Waals surface area contributed by atoms with E-state index in [1.165, 1.54) is 12.8 Å². The molecule has 3 nitrogen and oxygen atoms in total. The predicted octanol–water partition coefficient (Wildman–Crippen LogP) is 5.57. The van der Waals surface area contributed by atoms with E-state index < -0.39 is 11.4 Å². The second kappa shape index (κ2) is 5.19. The van der Waals surface area contributed by atoms with Crippen molar-refractivity contribution in [2.75, 3.05) is 0 Å². The molecule has 0 aliphatic heterocycles. The molecule has 0 aromatic heterocycles. The predicted molar refractivity (Wildman–Crippen MR) is 106 cm³/mol. The molecule has 4 rings (SSSR count). The van der Waals surface area contributed by atoms with Gasteiger partial charge in [-0.15, -0.1) is 0 Å². The standard InChI is InChI=1S/C24H38O3/c1-14(25)24(19(26)27,17-12-15-8-10-22(17,6)20(15,2)3)18-13-16-9-11-23(18,7)21(16,4)5/h15-18H,8-13H2,1-7H3,(H,26,27). The summed E-state index contributed by atoms with van der Waals surface area (Å²) in [6.45, 7) is 15.5. The average molecular weight is 375 g/mol. The molecule has 0 aromatic carbocycles. The molecule has 152 valence electrons. The maximum absolute atomic E-state index is 13.4. The number of carbonyl (C=O) groups excluding carboxylic acids is 1. The van der Waals surface area contributed by atoms with Crippen LogP contribution in [0.5, 0.6) is 0 Å². The Morgan fingerprint density at radius 3 is 1.37 bits per heavy atom. The Bertz CT molecular complexity index is 644. The molecule has 4 aliphatic rings. The summed E-state index contributed by atoms with van der Waals surface area (Å²) in [5.41, 5.74) is -1.12. The fourth-order valence-corrected chi connectivity index (χ4v) is 8.97. The molecule has 4 saturated carbocycles. The minimum absolute atomic E-state index is 0.0364. The van der Waals surface area contributed by atoms with Gasteiger partial charge in [-0.05, 0) is 90.8 Å². The first-order chi connectivity index (χ1) is 12.3. The Morgan fingerprint density at radius 1 is 0.815 bits per heavy atom. The SMILES string of the molecule is CC(=O)C(C(=O)O)(C1CC2CCC1(C)C2(C)C)C1CC2CCC1(C)C2(C)C. The first kappa shape index (κ1) is 19.5. The summed E-state index contributed by atoms with van der Waals surface area (Å²) in [6, 6.07) is 0. The van der Waals surface area contributed by atoms with Gasteiger partial charge in [0.15, 0.2) is 0 Å². The highest BCUT2D eigenvalue weighted by molar-refractivity contribution is 6.03. The number of Topliss-reactive ketones (excluding diaryl/α,β-unsaturated/α-hetero) is 1. The Hall–Kier alpha value is -0.860. The lowest BCUT2D eigenvalue weighted by molar-refractivity contribution is -0.176. The number of hydrogen-bond donors (Lipinski definition) is 1. The highest BCUT2D eigenvalue weighted by atomic mass is 16.4. The number of carboxylic acids is 1. The zero-order valence-corrected chi connectivity index (χ0v) is 18.3. The maximum atomic E-state index is 13.4. The van der Waals surface area contributed by atoms with Gasteiger partial charge in [0.05, 0.1) is 0 Å². The van der Waals surface area contributed by atoms with Gasteiger partial charge in [0, 0.05) is 0 Å². The topological polar surface area (TPSA) is 54.4 Å². The smallest absolute Gasteiger partial charge is 0.317 e. The minimum atomic E-state index is -1.22. The number of rotatable bonds is 4. The second-order valence-corrected chi connectivity index (χ2v) is 12.1. The van der Waals surface area contributed by atoms with E-state index in [2.05, 4.69) is 41.5 Å². The van der Waals surface area contributed by atoms with Crippen LogP contribution in [0.2, 0.25) is 0 Å². The van der Waals surface area contributed by atoms with Crippen molar-refractivity contribution in [3.8, 4) is 0 Å². The van der Waals surface area contributed by atoms with Gasteiger partial charge in [-0.25, -0.2) is 0 Å². The van der Waals surface area contributed by atoms with Gasteiger partial charge in [-0.2, -0.15) is 0 Å². The molecule has 4 bridgehead atoms. The third-order valence-corrected chi connectivity index (χ3v) is 11.6. The Labute approximate surface area is 164 Å². The second-order valence-electron chi connectivity index (χ2n) is 12.1. The largest absolute Gasteiger partial charge is 0.480 e. The van der Waals surface area contributed by atoms with Crippen LogP contribution in [-0.2, 0) is 9.59 Å². The van der Waals surface area contributed by atoms with Crippen LogP contribution in [0.15, 0.2) is 0 Å². The molecule has 27 heavy (non-hydrogen) atoms. The number of carboxylic acid groups (broad SMARTS) is 1. The van der Waals surface area contributed by atoms with Crippen molar-refractivity contribution in [3.05, 3.63) is 0 Å². The summed E-state index contributed by atoms with van der Waals surface area (Å²) in [4.78, 5) is 26.4. The first-order valence-corrected chi connectivity index (χ1v) is 11.0. The van der Waals surface area contributed by atoms with Crippen LogP contribution in [0.1, 0.15) is 87.0 Å². The number of fused-ring (bicyclic) bond motifs is 4. The highest BCUT2D eigenvalue weighted by Gasteiger charge is 2.76. The van der Waals surface area contributed by atoms with Crippen LogP contribution in [0.3, 0.4) is 0 Å². The maximum Gasteiger partial charge on any atom is 0.317 e. The molecule has 6 atom stereocenters. The van der Waals surface area contributed by atoms with Gasteiger partial charge in [0.2, 0.25) is 0 Å². The van der Waals surface area contributed by atoms with Crippen molar-refractivity contribution in [2.24, 2.45) is 50.7 Å². The van der Waals surface area contributed by atoms with Gasteiger partial charge in [0.25, 0.3) is 0 Å². The van der Waals surface area contributed by atoms with Crippen LogP contribution >= 0.6 is 0 Å². The van der Waals surface area contributed by atoms with Gasteiger partial charge >= 0.3 is 5.97 Å². The molecule has 0 amide bonds. The number of ketones is 1. The molecule has 0 heterocycles. The van der Waals surface area contributed by atoms with Crippen molar-refractivity contribution < 1.29 is 14.7 Å². The van der Waals surface area contributed by atoms with Crippen molar-refractivity contribution in [1.82, 2.24) is 0 Å². The summed E-state index contributed by atoms with van der Waals surface area (Å²) in [6.07, 6.45) is 6.31. The summed E-state index contributed by atoms with van der Waals surface area (Å²) in [5.74, 6) is 0.102. The van der Waals surface area contributed by atoms with Gasteiger partial charge in [-0.1, -0.05) is 41.5 Å². The first-order valence-electron chi connectivity index (χ1n) is 11.0. The molecular formula is C24H38O3. The zero-order chi connectivity index (χ0) is 20.2. The van der Waals surface area contributed by atoms with Gasteiger partial charge < -0.3 is 5.11 Å². The van der Waals surface area contributed by atoms with Crippen LogP contribution < -0.4 is 0 Å². The molecule has 0 aromatic rings. The molecule has 0 spiro atoms. The third-order valence-electron chi connectivity index (χ3n) is 11.6. The Morgan fingerprint density at radius 2 is 1.19 bits per heavy atom. The highest BCUT2D eigenvalue weighted by Crippen LogP contribution is 2.78. The fourth-order valence-electron chi connectivity index (χ4n) is 8.97. The molecule has 3 heteroatoms. The summed E-state index contributed by atoms with van der Waals surface area (Å²) in [5, 5.41) is 10.7. The summed E-state index contributed by atoms with van der Waals surface area (Å²) < 4.78 is 0. The molecule has 4 fully saturated rings. The van der Waals surface area contributed by atoms with Gasteiger partial charge in [-0.3, -0.25) is 9.59 Å². The van der Waals surface area contributed by atoms with Crippen LogP contribution in [0.4, 0.5) is 0 Å².